The summed E-state index contributed by atoms with van der Waals surface area (Å²) in [5.41, 5.74) is 5.58. The molecule has 2 aromatic rings. The molecular formula is C21H23N7O2. The number of hydrogen-bond donors (Lipinski definition) is 2. The molecule has 3 aliphatic rings. The molecule has 3 heterocycles. The minimum absolute atomic E-state index is 0.109. The third-order valence-corrected chi connectivity index (χ3v) is 6.73. The molecule has 30 heavy (non-hydrogen) atoms. The Kier molecular flexibility index (Phi) is 3.90. The predicted molar refractivity (Wildman–Crippen MR) is 109 cm³/mol. The van der Waals surface area contributed by atoms with Gasteiger partial charge < -0.3 is 16.0 Å². The van der Waals surface area contributed by atoms with Gasteiger partial charge in [0, 0.05) is 37.6 Å². The predicted octanol–water partition coefficient (Wildman–Crippen LogP) is 1.73. The van der Waals surface area contributed by atoms with Crippen molar-refractivity contribution in [1.29, 1.82) is 5.26 Å². The number of nitrogens with one attached hydrogen (secondary N) is 1. The summed E-state index contributed by atoms with van der Waals surface area (Å²) in [5.74, 6) is 0.839. The van der Waals surface area contributed by atoms with Gasteiger partial charge in [-0.2, -0.15) is 10.4 Å². The van der Waals surface area contributed by atoms with Crippen LogP contribution in [0.1, 0.15) is 37.8 Å². The van der Waals surface area contributed by atoms with E-state index in [0.717, 1.165) is 31.4 Å². The van der Waals surface area contributed by atoms with Crippen molar-refractivity contribution in [3.63, 3.8) is 0 Å². The van der Waals surface area contributed by atoms with Crippen LogP contribution in [0.3, 0.4) is 0 Å². The topological polar surface area (TPSA) is 130 Å². The molecule has 2 aromatic heterocycles. The molecule has 1 aliphatic heterocycles. The molecule has 0 radical (unpaired) electrons. The van der Waals surface area contributed by atoms with E-state index in [-0.39, 0.29) is 17.7 Å². The number of nitrogens with two attached hydrogens (primary N) is 1. The van der Waals surface area contributed by atoms with Crippen LogP contribution in [0.25, 0.3) is 0 Å². The normalized spacial score (nSPS) is 24.5. The number of aromatic nitrogens is 3. The molecular weight excluding hydrogens is 382 g/mol. The molecule has 0 bridgehead atoms. The SMILES string of the molecule is Cn1nc(Nc2cc(N3CC[C@@](C#N)(C4CC4)C3=O)ccn2)cc1C1(C(N)=O)CC1. The first-order valence-electron chi connectivity index (χ1n) is 10.2. The average Bonchev–Trinajstić information content (AvgIpc) is 3.64. The average molecular weight is 405 g/mol. The van der Waals surface area contributed by atoms with Crippen LogP contribution in [0.5, 0.6) is 0 Å². The zero-order chi connectivity index (χ0) is 21.1. The molecule has 3 N–H and O–H groups in total. The summed E-state index contributed by atoms with van der Waals surface area (Å²) >= 11 is 0. The van der Waals surface area contributed by atoms with Gasteiger partial charge in [-0.25, -0.2) is 4.98 Å². The van der Waals surface area contributed by atoms with E-state index in [1.54, 1.807) is 35.0 Å². The van der Waals surface area contributed by atoms with Crippen molar-refractivity contribution >= 4 is 29.1 Å². The molecule has 2 saturated carbocycles. The van der Waals surface area contributed by atoms with Crippen LogP contribution in [-0.2, 0) is 22.1 Å². The maximum absolute atomic E-state index is 13.0. The maximum Gasteiger partial charge on any atom is 0.247 e. The Labute approximate surface area is 173 Å². The van der Waals surface area contributed by atoms with Crippen LogP contribution in [0.4, 0.5) is 17.3 Å². The summed E-state index contributed by atoms with van der Waals surface area (Å²) in [4.78, 5) is 30.9. The van der Waals surface area contributed by atoms with Gasteiger partial charge in [-0.15, -0.1) is 0 Å². The first-order chi connectivity index (χ1) is 14.4. The van der Waals surface area contributed by atoms with Crippen LogP contribution in [0.2, 0.25) is 0 Å². The number of carbonyl (C=O) groups is 2. The van der Waals surface area contributed by atoms with Crippen molar-refractivity contribution in [2.45, 2.75) is 37.5 Å². The van der Waals surface area contributed by atoms with Gasteiger partial charge in [0.15, 0.2) is 5.82 Å². The Morgan fingerprint density at radius 2 is 2.07 bits per heavy atom. The summed E-state index contributed by atoms with van der Waals surface area (Å²) in [6.07, 6.45) is 5.55. The Hall–Kier alpha value is -3.41. The Bertz CT molecular complexity index is 1090. The fourth-order valence-electron chi connectivity index (χ4n) is 4.65. The number of nitrogens with zero attached hydrogens (tertiary/aromatic N) is 5. The zero-order valence-electron chi connectivity index (χ0n) is 16.8. The molecule has 9 heteroatoms. The lowest BCUT2D eigenvalue weighted by molar-refractivity contribution is -0.124. The van der Waals surface area contributed by atoms with E-state index < -0.39 is 10.8 Å². The highest BCUT2D eigenvalue weighted by Crippen LogP contribution is 2.52. The number of aryl methyl sites for hydroxylation is 1. The van der Waals surface area contributed by atoms with Gasteiger partial charge in [0.25, 0.3) is 0 Å². The molecule has 1 saturated heterocycles. The monoisotopic (exact) mass is 405 g/mol. The Morgan fingerprint density at radius 3 is 2.70 bits per heavy atom. The van der Waals surface area contributed by atoms with Gasteiger partial charge in [-0.1, -0.05) is 0 Å². The van der Waals surface area contributed by atoms with Gasteiger partial charge in [0.1, 0.15) is 11.2 Å². The molecule has 5 rings (SSSR count). The van der Waals surface area contributed by atoms with Crippen molar-refractivity contribution in [3.05, 3.63) is 30.1 Å². The highest BCUT2D eigenvalue weighted by Gasteiger charge is 2.56. The summed E-state index contributed by atoms with van der Waals surface area (Å²) < 4.78 is 1.67. The van der Waals surface area contributed by atoms with Crippen molar-refractivity contribution < 1.29 is 9.59 Å². The van der Waals surface area contributed by atoms with Crippen molar-refractivity contribution in [1.82, 2.24) is 14.8 Å². The second-order valence-corrected chi connectivity index (χ2v) is 8.57. The van der Waals surface area contributed by atoms with Gasteiger partial charge >= 0.3 is 0 Å². The van der Waals surface area contributed by atoms with E-state index in [4.69, 9.17) is 5.73 Å². The van der Waals surface area contributed by atoms with Gasteiger partial charge in [-0.05, 0) is 44.1 Å². The lowest BCUT2D eigenvalue weighted by Crippen LogP contribution is -2.35. The van der Waals surface area contributed by atoms with E-state index >= 15 is 0 Å². The van der Waals surface area contributed by atoms with Crippen LogP contribution in [0, 0.1) is 22.7 Å². The smallest absolute Gasteiger partial charge is 0.247 e. The zero-order valence-corrected chi connectivity index (χ0v) is 16.8. The lowest BCUT2D eigenvalue weighted by atomic mass is 9.83. The number of anilines is 3. The van der Waals surface area contributed by atoms with E-state index in [1.165, 1.54) is 0 Å². The fourth-order valence-corrected chi connectivity index (χ4v) is 4.65. The minimum Gasteiger partial charge on any atom is -0.369 e. The molecule has 2 aliphatic carbocycles. The summed E-state index contributed by atoms with van der Waals surface area (Å²) in [6.45, 7) is 0.529. The number of pyridine rings is 1. The van der Waals surface area contributed by atoms with Crippen molar-refractivity contribution in [2.75, 3.05) is 16.8 Å². The molecule has 1 atom stereocenters. The second kappa shape index (κ2) is 6.29. The molecule has 154 valence electrons. The van der Waals surface area contributed by atoms with Gasteiger partial charge in [0.2, 0.25) is 11.8 Å². The van der Waals surface area contributed by atoms with Crippen LogP contribution < -0.4 is 16.0 Å². The van der Waals surface area contributed by atoms with Crippen LogP contribution >= 0.6 is 0 Å². The third kappa shape index (κ3) is 2.67. The Balaban J connectivity index is 1.37. The molecule has 9 nitrogen and oxygen atoms in total. The first-order valence-corrected chi connectivity index (χ1v) is 10.2. The summed E-state index contributed by atoms with van der Waals surface area (Å²) in [7, 11) is 1.79. The van der Waals surface area contributed by atoms with E-state index in [1.807, 2.05) is 6.07 Å². The number of primary amides is 1. The molecule has 0 spiro atoms. The largest absolute Gasteiger partial charge is 0.369 e. The number of nitriles is 1. The number of hydrogen-bond acceptors (Lipinski definition) is 6. The maximum atomic E-state index is 13.0. The fraction of sp³-hybridized carbons (Fsp3) is 0.476. The number of carbonyl (C=O) groups excluding carboxylic acids is 2. The quantitative estimate of drug-likeness (QED) is 0.753. The summed E-state index contributed by atoms with van der Waals surface area (Å²) in [5, 5.41) is 17.3. The van der Waals surface area contributed by atoms with E-state index in [0.29, 0.717) is 30.3 Å². The van der Waals surface area contributed by atoms with Gasteiger partial charge in [0.05, 0.1) is 17.2 Å². The van der Waals surface area contributed by atoms with E-state index in [9.17, 15) is 14.9 Å². The van der Waals surface area contributed by atoms with E-state index in [2.05, 4.69) is 21.5 Å². The third-order valence-electron chi connectivity index (χ3n) is 6.73. The van der Waals surface area contributed by atoms with Crippen LogP contribution in [-0.4, -0.2) is 33.1 Å². The summed E-state index contributed by atoms with van der Waals surface area (Å²) in [6, 6.07) is 7.69. The van der Waals surface area contributed by atoms with Crippen molar-refractivity contribution in [3.8, 4) is 6.07 Å². The molecule has 2 amide bonds. The first kappa shape index (κ1) is 18.6. The molecule has 3 fully saturated rings. The van der Waals surface area contributed by atoms with Crippen molar-refractivity contribution in [2.24, 2.45) is 24.1 Å². The Morgan fingerprint density at radius 1 is 1.30 bits per heavy atom. The molecule has 0 aromatic carbocycles. The highest BCUT2D eigenvalue weighted by molar-refractivity contribution is 6.02. The number of rotatable bonds is 6. The number of amides is 2. The van der Waals surface area contributed by atoms with Crippen LogP contribution in [0.15, 0.2) is 24.4 Å². The molecule has 0 unspecified atom stereocenters. The lowest BCUT2D eigenvalue weighted by Gasteiger charge is -2.21. The van der Waals surface area contributed by atoms with Gasteiger partial charge in [-0.3, -0.25) is 14.3 Å². The standard InChI is InChI=1S/C21H23N7O2/c1-27-15(20(5-6-20)18(23)29)11-17(26-27)25-16-10-14(4-8-24-16)28-9-7-21(12-22,19(28)30)13-2-3-13/h4,8,10-11,13H,2-3,5-7,9H2,1H3,(H2,23,29)(H,24,25,26)/t21-/m1/s1. The highest BCUT2D eigenvalue weighted by atomic mass is 16.2. The minimum atomic E-state index is -0.875. The second-order valence-electron chi connectivity index (χ2n) is 8.57.